The summed E-state index contributed by atoms with van der Waals surface area (Å²) in [5.41, 5.74) is 2.31. The second-order valence-electron chi connectivity index (χ2n) is 5.77. The predicted molar refractivity (Wildman–Crippen MR) is 74.9 cm³/mol. The minimum atomic E-state index is -1.06. The summed E-state index contributed by atoms with van der Waals surface area (Å²) >= 11 is 0. The quantitative estimate of drug-likeness (QED) is 0.835. The summed E-state index contributed by atoms with van der Waals surface area (Å²) < 4.78 is 5.57. The van der Waals surface area contributed by atoms with Crippen LogP contribution in [0.4, 0.5) is 0 Å². The van der Waals surface area contributed by atoms with Crippen LogP contribution in [0.15, 0.2) is 24.3 Å². The van der Waals surface area contributed by atoms with Gasteiger partial charge in [0, 0.05) is 0 Å². The minimum Gasteiger partial charge on any atom is -0.418 e. The third-order valence-electron chi connectivity index (χ3n) is 2.72. The Kier molecular flexibility index (Phi) is 4.92. The molecule has 17 heavy (non-hydrogen) atoms. The molecule has 0 aliphatic rings. The van der Waals surface area contributed by atoms with Gasteiger partial charge in [-0.15, -0.1) is 0 Å². The van der Waals surface area contributed by atoms with E-state index in [1.54, 1.807) is 0 Å². The molecular weight excluding hydrogens is 228 g/mol. The topological polar surface area (TPSA) is 29.5 Å². The zero-order chi connectivity index (χ0) is 13.1. The molecule has 0 aromatic heterocycles. The average molecular weight is 252 g/mol. The molecule has 0 saturated heterocycles. The van der Waals surface area contributed by atoms with E-state index in [9.17, 15) is 5.11 Å². The molecule has 0 bridgehead atoms. The molecule has 96 valence electrons. The van der Waals surface area contributed by atoms with Gasteiger partial charge in [-0.1, -0.05) is 45.0 Å². The molecule has 1 rings (SSSR count). The van der Waals surface area contributed by atoms with E-state index >= 15 is 0 Å². The van der Waals surface area contributed by atoms with Crippen LogP contribution in [0.3, 0.4) is 0 Å². The molecule has 0 radical (unpaired) electrons. The zero-order valence-electron chi connectivity index (χ0n) is 11.5. The lowest BCUT2D eigenvalue weighted by atomic mass is 9.86. The Balaban J connectivity index is 2.77. The highest BCUT2D eigenvalue weighted by molar-refractivity contribution is 6.48. The van der Waals surface area contributed by atoms with Gasteiger partial charge in [0.05, 0.1) is 6.61 Å². The van der Waals surface area contributed by atoms with E-state index < -0.39 is 15.1 Å². The number of aliphatic hydroxyl groups is 1. The van der Waals surface area contributed by atoms with Crippen molar-refractivity contribution in [3.63, 3.8) is 0 Å². The fourth-order valence-electron chi connectivity index (χ4n) is 1.59. The van der Waals surface area contributed by atoms with Crippen LogP contribution in [0.5, 0.6) is 0 Å². The Morgan fingerprint density at radius 3 is 2.47 bits per heavy atom. The zero-order valence-corrected chi connectivity index (χ0v) is 12.7. The molecule has 0 fully saturated rings. The first kappa shape index (κ1) is 14.4. The van der Waals surface area contributed by atoms with E-state index in [-0.39, 0.29) is 5.41 Å². The smallest absolute Gasteiger partial charge is 0.171 e. The second kappa shape index (κ2) is 5.80. The molecule has 1 atom stereocenters. The highest BCUT2D eigenvalue weighted by Gasteiger charge is 2.16. The standard InChI is InChI=1S/C14H24O2Si/c1-14(2,3)12-8-6-7-11(9-12)13(15)10-16-17(4)5/h6-9,13,15,17H,10H2,1-5H3. The lowest BCUT2D eigenvalue weighted by molar-refractivity contribution is 0.108. The second-order valence-corrected chi connectivity index (χ2v) is 8.20. The summed E-state index contributed by atoms with van der Waals surface area (Å²) in [5.74, 6) is 0. The predicted octanol–water partition coefficient (Wildman–Crippen LogP) is 3.02. The van der Waals surface area contributed by atoms with Gasteiger partial charge in [0.1, 0.15) is 6.10 Å². The number of benzene rings is 1. The Hall–Kier alpha value is -0.643. The number of hydrogen-bond acceptors (Lipinski definition) is 2. The van der Waals surface area contributed by atoms with Crippen molar-refractivity contribution >= 4 is 9.04 Å². The van der Waals surface area contributed by atoms with Gasteiger partial charge in [0.15, 0.2) is 9.04 Å². The van der Waals surface area contributed by atoms with Crippen molar-refractivity contribution in [3.8, 4) is 0 Å². The molecular formula is C14H24O2Si. The minimum absolute atomic E-state index is 0.114. The molecule has 1 aromatic rings. The highest BCUT2D eigenvalue weighted by atomic mass is 28.3. The van der Waals surface area contributed by atoms with E-state index in [0.717, 1.165) is 5.56 Å². The van der Waals surface area contributed by atoms with Gasteiger partial charge >= 0.3 is 0 Å². The molecule has 0 aliphatic heterocycles. The maximum atomic E-state index is 10.1. The van der Waals surface area contributed by atoms with Gasteiger partial charge in [-0.25, -0.2) is 0 Å². The van der Waals surface area contributed by atoms with Gasteiger partial charge in [-0.3, -0.25) is 0 Å². The first-order valence-corrected chi connectivity index (χ1v) is 8.99. The monoisotopic (exact) mass is 252 g/mol. The molecule has 0 spiro atoms. The molecule has 1 aromatic carbocycles. The fourth-order valence-corrected chi connectivity index (χ4v) is 2.16. The lowest BCUT2D eigenvalue weighted by Crippen LogP contribution is -2.16. The maximum Gasteiger partial charge on any atom is 0.171 e. The highest BCUT2D eigenvalue weighted by Crippen LogP contribution is 2.25. The Bertz CT molecular complexity index is 355. The SMILES string of the molecule is C[SiH](C)OCC(O)c1cccc(C(C)(C)C)c1. The van der Waals surface area contributed by atoms with Crippen LogP contribution < -0.4 is 0 Å². The summed E-state index contributed by atoms with van der Waals surface area (Å²) in [7, 11) is -1.06. The fraction of sp³-hybridized carbons (Fsp3) is 0.571. The van der Waals surface area contributed by atoms with Crippen molar-refractivity contribution < 1.29 is 9.53 Å². The Labute approximate surface area is 106 Å². The molecule has 2 nitrogen and oxygen atoms in total. The average Bonchev–Trinajstić information content (AvgIpc) is 2.25. The van der Waals surface area contributed by atoms with Gasteiger partial charge in [-0.05, 0) is 29.6 Å². The summed E-state index contributed by atoms with van der Waals surface area (Å²) in [6.07, 6.45) is -0.507. The van der Waals surface area contributed by atoms with Crippen molar-refractivity contribution in [1.29, 1.82) is 0 Å². The van der Waals surface area contributed by atoms with Gasteiger partial charge in [-0.2, -0.15) is 0 Å². The van der Waals surface area contributed by atoms with E-state index in [1.165, 1.54) is 5.56 Å². The summed E-state index contributed by atoms with van der Waals surface area (Å²) in [6.45, 7) is 11.2. The third-order valence-corrected chi connectivity index (χ3v) is 3.58. The first-order valence-electron chi connectivity index (χ1n) is 6.21. The van der Waals surface area contributed by atoms with E-state index in [4.69, 9.17) is 4.43 Å². The van der Waals surface area contributed by atoms with Gasteiger partial charge < -0.3 is 9.53 Å². The molecule has 0 saturated carbocycles. The van der Waals surface area contributed by atoms with E-state index in [2.05, 4.69) is 46.0 Å². The van der Waals surface area contributed by atoms with Crippen LogP contribution in [0.2, 0.25) is 13.1 Å². The van der Waals surface area contributed by atoms with Crippen LogP contribution >= 0.6 is 0 Å². The molecule has 1 N–H and O–H groups in total. The van der Waals surface area contributed by atoms with Gasteiger partial charge in [0.25, 0.3) is 0 Å². The van der Waals surface area contributed by atoms with Crippen molar-refractivity contribution in [2.45, 2.75) is 45.4 Å². The number of rotatable bonds is 4. The lowest BCUT2D eigenvalue weighted by Gasteiger charge is -2.21. The van der Waals surface area contributed by atoms with Crippen LogP contribution in [-0.4, -0.2) is 20.8 Å². The molecule has 0 aliphatic carbocycles. The molecule has 0 amide bonds. The largest absolute Gasteiger partial charge is 0.418 e. The number of aliphatic hydroxyl groups excluding tert-OH is 1. The van der Waals surface area contributed by atoms with Crippen LogP contribution in [0, 0.1) is 0 Å². The normalized spacial score (nSPS) is 14.1. The van der Waals surface area contributed by atoms with Crippen LogP contribution in [0.1, 0.15) is 38.0 Å². The summed E-state index contributed by atoms with van der Waals surface area (Å²) in [4.78, 5) is 0. The van der Waals surface area contributed by atoms with Crippen LogP contribution in [-0.2, 0) is 9.84 Å². The molecule has 1 unspecified atom stereocenters. The van der Waals surface area contributed by atoms with Crippen LogP contribution in [0.25, 0.3) is 0 Å². The van der Waals surface area contributed by atoms with Gasteiger partial charge in [0.2, 0.25) is 0 Å². The van der Waals surface area contributed by atoms with Crippen molar-refractivity contribution in [1.82, 2.24) is 0 Å². The molecule has 3 heteroatoms. The number of hydrogen-bond donors (Lipinski definition) is 1. The van der Waals surface area contributed by atoms with E-state index in [1.807, 2.05) is 12.1 Å². The van der Waals surface area contributed by atoms with Crippen molar-refractivity contribution in [2.24, 2.45) is 0 Å². The summed E-state index contributed by atoms with van der Waals surface area (Å²) in [6, 6.07) is 8.15. The van der Waals surface area contributed by atoms with Crippen molar-refractivity contribution in [2.75, 3.05) is 6.61 Å². The Morgan fingerprint density at radius 1 is 1.29 bits per heavy atom. The maximum absolute atomic E-state index is 10.1. The Morgan fingerprint density at radius 2 is 1.94 bits per heavy atom. The third kappa shape index (κ3) is 4.62. The first-order chi connectivity index (χ1) is 7.80. The van der Waals surface area contributed by atoms with E-state index in [0.29, 0.717) is 6.61 Å². The molecule has 0 heterocycles. The summed E-state index contributed by atoms with van der Waals surface area (Å²) in [5, 5.41) is 10.1. The van der Waals surface area contributed by atoms with Crippen molar-refractivity contribution in [3.05, 3.63) is 35.4 Å².